The normalized spacial score (nSPS) is 12.7. The molecule has 3 nitrogen and oxygen atoms in total. The zero-order chi connectivity index (χ0) is 27.8. The summed E-state index contributed by atoms with van der Waals surface area (Å²) in [6.07, 6.45) is 0. The fourth-order valence-electron chi connectivity index (χ4n) is 8.04. The number of hydrogen-bond donors (Lipinski definition) is 0. The minimum Gasteiger partial charge on any atom is -0.456 e. The van der Waals surface area contributed by atoms with E-state index in [2.05, 4.69) is 136 Å². The van der Waals surface area contributed by atoms with E-state index in [-0.39, 0.29) is 0 Å². The lowest BCUT2D eigenvalue weighted by molar-refractivity contribution is 0.669. The number of benzene rings is 7. The molecule has 0 bridgehead atoms. The topological polar surface area (TPSA) is 22.5 Å². The van der Waals surface area contributed by atoms with Crippen molar-refractivity contribution in [3.05, 3.63) is 133 Å². The molecular weight excluding hydrogens is 524 g/mol. The van der Waals surface area contributed by atoms with Gasteiger partial charge < -0.3 is 13.4 Å². The van der Waals surface area contributed by atoms with E-state index < -0.39 is 0 Å². The van der Waals surface area contributed by atoms with Crippen molar-refractivity contribution in [2.45, 2.75) is 0 Å². The first-order chi connectivity index (χ1) is 21.4. The molecule has 0 saturated heterocycles. The number of rotatable bonds is 1. The second-order valence-electron chi connectivity index (χ2n) is 11.6. The van der Waals surface area contributed by atoms with Gasteiger partial charge in [0.15, 0.2) is 0 Å². The highest BCUT2D eigenvalue weighted by Crippen LogP contribution is 2.49. The van der Waals surface area contributed by atoms with Gasteiger partial charge in [-0.25, -0.2) is 0 Å². The standard InChI is InChI=1S/C40H22N2O/c1-2-13-25-24(12-1)35-27-14-4-7-19-31(27)41(32-20-10-22-34-37(32)28-15-5-8-21-33(28)43-34)39(35)40-36(25)29-17-9-16-26-23-11-3-6-18-30(23)42(40)38(26)29/h1-22H. The number of fused-ring (bicyclic) bond motifs is 16. The van der Waals surface area contributed by atoms with Gasteiger partial charge in [-0.2, -0.15) is 0 Å². The van der Waals surface area contributed by atoms with Crippen molar-refractivity contribution in [2.24, 2.45) is 0 Å². The van der Waals surface area contributed by atoms with Crippen LogP contribution in [0.15, 0.2) is 138 Å². The Balaban J connectivity index is 1.53. The Hall–Kier alpha value is -5.80. The predicted molar refractivity (Wildman–Crippen MR) is 180 cm³/mol. The van der Waals surface area contributed by atoms with Crippen molar-refractivity contribution in [2.75, 3.05) is 0 Å². The quantitative estimate of drug-likeness (QED) is 0.201. The molecule has 0 radical (unpaired) electrons. The third kappa shape index (κ3) is 2.50. The van der Waals surface area contributed by atoms with Crippen LogP contribution in [0, 0.1) is 0 Å². The average molecular weight is 547 g/mol. The van der Waals surface area contributed by atoms with Crippen LogP contribution < -0.4 is 0 Å². The molecule has 0 saturated carbocycles. The Kier molecular flexibility index (Phi) is 3.83. The van der Waals surface area contributed by atoms with Gasteiger partial charge in [0, 0.05) is 37.7 Å². The lowest BCUT2D eigenvalue weighted by Gasteiger charge is -2.12. The Morgan fingerprint density at radius 3 is 1.77 bits per heavy atom. The van der Waals surface area contributed by atoms with Gasteiger partial charge >= 0.3 is 0 Å². The predicted octanol–water partition coefficient (Wildman–Crippen LogP) is 11.0. The third-order valence-electron chi connectivity index (χ3n) is 9.61. The molecule has 0 aliphatic carbocycles. The lowest BCUT2D eigenvalue weighted by Crippen LogP contribution is -1.96. The van der Waals surface area contributed by atoms with Crippen LogP contribution in [0.5, 0.6) is 0 Å². The van der Waals surface area contributed by atoms with Gasteiger partial charge in [-0.05, 0) is 41.1 Å². The van der Waals surface area contributed by atoms with Crippen molar-refractivity contribution in [1.29, 1.82) is 0 Å². The van der Waals surface area contributed by atoms with Crippen molar-refractivity contribution in [3.8, 4) is 5.69 Å². The molecule has 4 heterocycles. The molecule has 3 heteroatoms. The van der Waals surface area contributed by atoms with Crippen molar-refractivity contribution >= 4 is 92.6 Å². The van der Waals surface area contributed by atoms with Gasteiger partial charge in [-0.15, -0.1) is 0 Å². The number of furan rings is 1. The van der Waals surface area contributed by atoms with Gasteiger partial charge in [0.05, 0.1) is 38.7 Å². The molecule has 0 N–H and O–H groups in total. The molecule has 43 heavy (non-hydrogen) atoms. The highest BCUT2D eigenvalue weighted by molar-refractivity contribution is 6.39. The summed E-state index contributed by atoms with van der Waals surface area (Å²) in [6, 6.07) is 48.3. The largest absolute Gasteiger partial charge is 0.456 e. The third-order valence-corrected chi connectivity index (χ3v) is 9.61. The molecule has 198 valence electrons. The molecule has 0 fully saturated rings. The Morgan fingerprint density at radius 2 is 0.930 bits per heavy atom. The van der Waals surface area contributed by atoms with E-state index in [0.29, 0.717) is 0 Å². The molecule has 0 amide bonds. The van der Waals surface area contributed by atoms with E-state index in [0.717, 1.165) is 27.6 Å². The van der Waals surface area contributed by atoms with Gasteiger partial charge in [0.25, 0.3) is 0 Å². The summed E-state index contributed by atoms with van der Waals surface area (Å²) in [4.78, 5) is 0. The first-order valence-electron chi connectivity index (χ1n) is 14.8. The van der Waals surface area contributed by atoms with Crippen molar-refractivity contribution in [3.63, 3.8) is 0 Å². The molecule has 11 rings (SSSR count). The molecule has 7 aromatic carbocycles. The van der Waals surface area contributed by atoms with Crippen LogP contribution in [0.2, 0.25) is 0 Å². The van der Waals surface area contributed by atoms with Crippen LogP contribution in [0.1, 0.15) is 0 Å². The smallest absolute Gasteiger partial charge is 0.137 e. The zero-order valence-electron chi connectivity index (χ0n) is 23.0. The van der Waals surface area contributed by atoms with Crippen LogP contribution >= 0.6 is 0 Å². The maximum Gasteiger partial charge on any atom is 0.137 e. The maximum absolute atomic E-state index is 6.40. The fourth-order valence-corrected chi connectivity index (χ4v) is 8.04. The second-order valence-corrected chi connectivity index (χ2v) is 11.6. The molecule has 0 unspecified atom stereocenters. The van der Waals surface area contributed by atoms with Gasteiger partial charge in [-0.1, -0.05) is 103 Å². The van der Waals surface area contributed by atoms with E-state index in [9.17, 15) is 0 Å². The monoisotopic (exact) mass is 546 g/mol. The summed E-state index contributed by atoms with van der Waals surface area (Å²) in [5.74, 6) is 0. The van der Waals surface area contributed by atoms with E-state index in [4.69, 9.17) is 4.42 Å². The Bertz CT molecular complexity index is 2950. The highest BCUT2D eigenvalue weighted by Gasteiger charge is 2.26. The van der Waals surface area contributed by atoms with Crippen molar-refractivity contribution < 1.29 is 4.42 Å². The Morgan fingerprint density at radius 1 is 0.349 bits per heavy atom. The van der Waals surface area contributed by atoms with Crippen molar-refractivity contribution in [1.82, 2.24) is 8.97 Å². The minimum absolute atomic E-state index is 0.902. The average Bonchev–Trinajstić information content (AvgIpc) is 3.80. The lowest BCUT2D eigenvalue weighted by atomic mass is 9.98. The summed E-state index contributed by atoms with van der Waals surface area (Å²) < 4.78 is 11.4. The van der Waals surface area contributed by atoms with E-state index in [1.54, 1.807) is 0 Å². The van der Waals surface area contributed by atoms with Gasteiger partial charge in [0.2, 0.25) is 0 Å². The van der Waals surface area contributed by atoms with Gasteiger partial charge in [0.1, 0.15) is 11.2 Å². The SMILES string of the molecule is c1ccc2c(c1)oc1cccc(-n3c4ccccc4c4c5ccccc5c5c6cccc7c8ccccc8n(c76)c5c43)c12. The first kappa shape index (κ1) is 21.9. The number of hydrogen-bond acceptors (Lipinski definition) is 1. The molecule has 4 aromatic heterocycles. The van der Waals surface area contributed by atoms with Gasteiger partial charge in [-0.3, -0.25) is 0 Å². The van der Waals surface area contributed by atoms with Crippen LogP contribution in [-0.2, 0) is 0 Å². The van der Waals surface area contributed by atoms with Crippen LogP contribution in [0.25, 0.3) is 98.3 Å². The van der Waals surface area contributed by atoms with E-state index in [1.165, 1.54) is 70.7 Å². The molecule has 0 aliphatic heterocycles. The number of nitrogens with zero attached hydrogens (tertiary/aromatic N) is 2. The Labute approximate surface area is 244 Å². The summed E-state index contributed by atoms with van der Waals surface area (Å²) >= 11 is 0. The highest BCUT2D eigenvalue weighted by atomic mass is 16.3. The molecule has 0 spiro atoms. The molecule has 0 atom stereocenters. The fraction of sp³-hybridized carbons (Fsp3) is 0. The van der Waals surface area contributed by atoms with Crippen LogP contribution in [0.3, 0.4) is 0 Å². The summed E-state index contributed by atoms with van der Waals surface area (Å²) in [5, 5.41) is 12.6. The summed E-state index contributed by atoms with van der Waals surface area (Å²) in [5.41, 5.74) is 9.15. The summed E-state index contributed by atoms with van der Waals surface area (Å²) in [6.45, 7) is 0. The summed E-state index contributed by atoms with van der Waals surface area (Å²) in [7, 11) is 0. The first-order valence-corrected chi connectivity index (χ1v) is 14.8. The number of para-hydroxylation sites is 4. The van der Waals surface area contributed by atoms with Crippen LogP contribution in [-0.4, -0.2) is 8.97 Å². The maximum atomic E-state index is 6.40. The van der Waals surface area contributed by atoms with Crippen LogP contribution in [0.4, 0.5) is 0 Å². The molecular formula is C40H22N2O. The zero-order valence-corrected chi connectivity index (χ0v) is 23.0. The van der Waals surface area contributed by atoms with E-state index in [1.807, 2.05) is 6.07 Å². The number of aromatic nitrogens is 2. The molecule has 0 aliphatic rings. The minimum atomic E-state index is 0.902. The van der Waals surface area contributed by atoms with E-state index >= 15 is 0 Å². The molecule has 11 aromatic rings. The second kappa shape index (κ2) is 7.53.